The van der Waals surface area contributed by atoms with Crippen molar-refractivity contribution >= 4 is 29.7 Å². The maximum Gasteiger partial charge on any atom is 0.407 e. The zero-order chi connectivity index (χ0) is 21.2. The van der Waals surface area contributed by atoms with Crippen LogP contribution in [0.25, 0.3) is 11.1 Å². The molecule has 2 amide bonds. The van der Waals surface area contributed by atoms with E-state index >= 15 is 0 Å². The quantitative estimate of drug-likeness (QED) is 0.636. The van der Waals surface area contributed by atoms with Gasteiger partial charge in [-0.2, -0.15) is 0 Å². The number of ether oxygens (including phenoxy) is 1. The van der Waals surface area contributed by atoms with Crippen molar-refractivity contribution in [3.05, 3.63) is 59.7 Å². The number of hydrogen-bond acceptors (Lipinski definition) is 4. The molecule has 0 saturated heterocycles. The Morgan fingerprint density at radius 1 is 1.03 bits per heavy atom. The SMILES string of the molecule is C[C@H](NC(=O)OCC1c2ccccc2-c2ccccc21)C(=O)NC(C)(C)C(=O)S. The first-order chi connectivity index (χ1) is 13.7. The van der Waals surface area contributed by atoms with Gasteiger partial charge >= 0.3 is 6.09 Å². The highest BCUT2D eigenvalue weighted by molar-refractivity contribution is 7.96. The molecule has 0 fully saturated rings. The summed E-state index contributed by atoms with van der Waals surface area (Å²) in [5.41, 5.74) is 3.38. The minimum Gasteiger partial charge on any atom is -0.449 e. The van der Waals surface area contributed by atoms with Crippen LogP contribution in [0.2, 0.25) is 0 Å². The molecule has 0 unspecified atom stereocenters. The third kappa shape index (κ3) is 4.45. The molecule has 6 nitrogen and oxygen atoms in total. The Bertz CT molecular complexity index is 912. The van der Waals surface area contributed by atoms with Crippen molar-refractivity contribution in [2.75, 3.05) is 6.61 Å². The fourth-order valence-electron chi connectivity index (χ4n) is 3.35. The molecule has 1 aliphatic carbocycles. The van der Waals surface area contributed by atoms with Gasteiger partial charge in [-0.25, -0.2) is 4.79 Å². The van der Waals surface area contributed by atoms with Crippen LogP contribution >= 0.6 is 12.6 Å². The van der Waals surface area contributed by atoms with Crippen LogP contribution in [-0.2, 0) is 14.3 Å². The molecule has 0 aromatic heterocycles. The molecule has 1 aliphatic rings. The average molecular weight is 413 g/mol. The van der Waals surface area contributed by atoms with E-state index in [1.807, 2.05) is 36.4 Å². The Morgan fingerprint density at radius 3 is 2.07 bits per heavy atom. The van der Waals surface area contributed by atoms with Crippen LogP contribution in [0.15, 0.2) is 48.5 Å². The van der Waals surface area contributed by atoms with E-state index in [4.69, 9.17) is 4.74 Å². The first-order valence-electron chi connectivity index (χ1n) is 9.37. The molecule has 152 valence electrons. The number of nitrogens with one attached hydrogen (secondary N) is 2. The van der Waals surface area contributed by atoms with Crippen molar-refractivity contribution in [3.8, 4) is 11.1 Å². The van der Waals surface area contributed by atoms with Gasteiger partial charge in [-0.05, 0) is 43.0 Å². The third-order valence-corrected chi connectivity index (χ3v) is 5.60. The van der Waals surface area contributed by atoms with Crippen molar-refractivity contribution in [2.24, 2.45) is 0 Å². The normalized spacial score (nSPS) is 13.8. The zero-order valence-corrected chi connectivity index (χ0v) is 17.5. The topological polar surface area (TPSA) is 84.5 Å². The Hall–Kier alpha value is -2.80. The fourth-order valence-corrected chi connectivity index (χ4v) is 3.41. The number of alkyl carbamates (subject to hydrolysis) is 1. The summed E-state index contributed by atoms with van der Waals surface area (Å²) in [6.07, 6.45) is -0.690. The lowest BCUT2D eigenvalue weighted by atomic mass is 9.98. The Morgan fingerprint density at radius 2 is 1.55 bits per heavy atom. The number of fused-ring (bicyclic) bond motifs is 3. The van der Waals surface area contributed by atoms with Crippen LogP contribution in [-0.4, -0.2) is 35.3 Å². The van der Waals surface area contributed by atoms with Crippen molar-refractivity contribution in [3.63, 3.8) is 0 Å². The molecule has 7 heteroatoms. The van der Waals surface area contributed by atoms with Crippen LogP contribution in [0.1, 0.15) is 37.8 Å². The number of hydrogen-bond donors (Lipinski definition) is 3. The number of benzene rings is 2. The van der Waals surface area contributed by atoms with E-state index in [0.717, 1.165) is 22.3 Å². The van der Waals surface area contributed by atoms with E-state index in [-0.39, 0.29) is 12.5 Å². The first kappa shape index (κ1) is 20.9. The Kier molecular flexibility index (Phi) is 5.98. The summed E-state index contributed by atoms with van der Waals surface area (Å²) in [6.45, 7) is 4.77. The van der Waals surface area contributed by atoms with Crippen molar-refractivity contribution < 1.29 is 19.1 Å². The minimum absolute atomic E-state index is 0.0574. The number of amides is 2. The largest absolute Gasteiger partial charge is 0.449 e. The van der Waals surface area contributed by atoms with E-state index in [1.54, 1.807) is 13.8 Å². The lowest BCUT2D eigenvalue weighted by Crippen LogP contribution is -2.54. The molecular formula is C22H24N2O4S. The summed E-state index contributed by atoms with van der Waals surface area (Å²) in [4.78, 5) is 35.9. The van der Waals surface area contributed by atoms with Gasteiger partial charge in [0.2, 0.25) is 11.0 Å². The molecule has 0 radical (unpaired) electrons. The molecule has 2 aromatic rings. The summed E-state index contributed by atoms with van der Waals surface area (Å²) >= 11 is 3.76. The number of carbonyl (C=O) groups is 3. The molecule has 0 saturated carbocycles. The van der Waals surface area contributed by atoms with Gasteiger partial charge in [0.25, 0.3) is 0 Å². The van der Waals surface area contributed by atoms with Gasteiger partial charge in [0, 0.05) is 5.92 Å². The maximum absolute atomic E-state index is 12.2. The average Bonchev–Trinajstić information content (AvgIpc) is 3.00. The van der Waals surface area contributed by atoms with Gasteiger partial charge in [0.15, 0.2) is 0 Å². The highest BCUT2D eigenvalue weighted by Crippen LogP contribution is 2.44. The van der Waals surface area contributed by atoms with Crippen LogP contribution in [0.4, 0.5) is 4.79 Å². The van der Waals surface area contributed by atoms with Gasteiger partial charge in [-0.15, -0.1) is 12.6 Å². The monoisotopic (exact) mass is 412 g/mol. The van der Waals surface area contributed by atoms with E-state index in [9.17, 15) is 14.4 Å². The second kappa shape index (κ2) is 8.29. The number of rotatable bonds is 6. The first-order valence-corrected chi connectivity index (χ1v) is 9.82. The van der Waals surface area contributed by atoms with Gasteiger partial charge < -0.3 is 15.4 Å². The lowest BCUT2D eigenvalue weighted by molar-refractivity contribution is -0.128. The smallest absolute Gasteiger partial charge is 0.407 e. The molecule has 0 spiro atoms. The minimum atomic E-state index is -1.13. The standard InChI is InChI=1S/C22H24N2O4S/c1-13(19(25)24-22(2,3)20(26)29)23-21(27)28-12-18-16-10-6-4-8-14(16)15-9-5-7-11-17(15)18/h4-11,13,18H,12H2,1-3H3,(H,23,27)(H,24,25)(H,26,29)/t13-/m0/s1. The van der Waals surface area contributed by atoms with Crippen LogP contribution in [0.5, 0.6) is 0 Å². The van der Waals surface area contributed by atoms with E-state index in [0.29, 0.717) is 0 Å². The van der Waals surface area contributed by atoms with Gasteiger partial charge in [-0.3, -0.25) is 9.59 Å². The van der Waals surface area contributed by atoms with Crippen molar-refractivity contribution in [1.82, 2.24) is 10.6 Å². The molecule has 0 bridgehead atoms. The lowest BCUT2D eigenvalue weighted by Gasteiger charge is -2.24. The Balaban J connectivity index is 1.61. The van der Waals surface area contributed by atoms with Crippen molar-refractivity contribution in [1.29, 1.82) is 0 Å². The molecule has 2 N–H and O–H groups in total. The zero-order valence-electron chi connectivity index (χ0n) is 16.6. The number of thiol groups is 1. The fraction of sp³-hybridized carbons (Fsp3) is 0.318. The van der Waals surface area contributed by atoms with E-state index in [2.05, 4.69) is 35.4 Å². The molecule has 3 rings (SSSR count). The van der Waals surface area contributed by atoms with Crippen molar-refractivity contribution in [2.45, 2.75) is 38.3 Å². The molecule has 2 aromatic carbocycles. The van der Waals surface area contributed by atoms with Gasteiger partial charge in [-0.1, -0.05) is 48.5 Å². The van der Waals surface area contributed by atoms with Crippen LogP contribution < -0.4 is 10.6 Å². The summed E-state index contributed by atoms with van der Waals surface area (Å²) < 4.78 is 5.43. The second-order valence-electron chi connectivity index (χ2n) is 7.61. The highest BCUT2D eigenvalue weighted by atomic mass is 32.1. The van der Waals surface area contributed by atoms with E-state index < -0.39 is 28.7 Å². The maximum atomic E-state index is 12.2. The van der Waals surface area contributed by atoms with Crippen LogP contribution in [0, 0.1) is 0 Å². The predicted octanol–water partition coefficient (Wildman–Crippen LogP) is 3.26. The summed E-state index contributed by atoms with van der Waals surface area (Å²) in [7, 11) is 0. The molecule has 29 heavy (non-hydrogen) atoms. The molecular weight excluding hydrogens is 388 g/mol. The summed E-state index contributed by atoms with van der Waals surface area (Å²) in [6, 6.07) is 15.2. The van der Waals surface area contributed by atoms with Gasteiger partial charge in [0.05, 0.1) is 0 Å². The highest BCUT2D eigenvalue weighted by Gasteiger charge is 2.31. The summed E-state index contributed by atoms with van der Waals surface area (Å²) in [5, 5.41) is 4.58. The molecule has 1 atom stereocenters. The molecule has 0 heterocycles. The molecule has 0 aliphatic heterocycles. The van der Waals surface area contributed by atoms with E-state index in [1.165, 1.54) is 6.92 Å². The second-order valence-corrected chi connectivity index (χ2v) is 8.02. The van der Waals surface area contributed by atoms with Crippen LogP contribution in [0.3, 0.4) is 0 Å². The predicted molar refractivity (Wildman–Crippen MR) is 114 cm³/mol. The Labute approximate surface area is 175 Å². The number of carbonyl (C=O) groups excluding carboxylic acids is 3. The third-order valence-electron chi connectivity index (χ3n) is 5.04. The van der Waals surface area contributed by atoms with Gasteiger partial charge in [0.1, 0.15) is 18.2 Å². The summed E-state index contributed by atoms with van der Waals surface area (Å²) in [5.74, 6) is -0.552.